The second-order valence-electron chi connectivity index (χ2n) is 7.26. The Morgan fingerprint density at radius 1 is 1.19 bits per heavy atom. The third kappa shape index (κ3) is 4.09. The highest BCUT2D eigenvalue weighted by Crippen LogP contribution is 2.38. The summed E-state index contributed by atoms with van der Waals surface area (Å²) in [4.78, 5) is 2.48. The van der Waals surface area contributed by atoms with Gasteiger partial charge in [-0.1, -0.05) is 36.9 Å². The Balaban J connectivity index is 1.42. The molecule has 0 fully saturated rings. The van der Waals surface area contributed by atoms with Crippen LogP contribution in [0.5, 0.6) is 11.5 Å². The minimum absolute atomic E-state index is 0.0215. The number of benzene rings is 2. The van der Waals surface area contributed by atoms with Crippen molar-refractivity contribution in [3.63, 3.8) is 0 Å². The summed E-state index contributed by atoms with van der Waals surface area (Å²) in [6, 6.07) is 12.9. The molecule has 2 aliphatic rings. The molecule has 0 amide bonds. The number of hydrogen-bond acceptors (Lipinski definition) is 5. The van der Waals surface area contributed by atoms with E-state index in [1.807, 2.05) is 13.0 Å². The number of hydrogen-bond donors (Lipinski definition) is 2. The molecule has 0 bridgehead atoms. The molecular weight excluding hydrogens is 356 g/mol. The number of thiol groups is 1. The van der Waals surface area contributed by atoms with E-state index in [1.54, 1.807) is 0 Å². The quantitative estimate of drug-likeness (QED) is 0.603. The molecule has 27 heavy (non-hydrogen) atoms. The molecule has 2 aliphatic heterocycles. The van der Waals surface area contributed by atoms with Gasteiger partial charge in [-0.2, -0.15) is 0 Å². The molecule has 2 aromatic rings. The summed E-state index contributed by atoms with van der Waals surface area (Å²) < 4.78 is 11.6. The van der Waals surface area contributed by atoms with Crippen LogP contribution in [-0.2, 0) is 19.5 Å². The number of allylic oxidation sites excluding steroid dienone is 1. The van der Waals surface area contributed by atoms with E-state index in [-0.39, 0.29) is 5.37 Å². The third-order valence-electron chi connectivity index (χ3n) is 5.07. The van der Waals surface area contributed by atoms with Crippen LogP contribution in [0, 0.1) is 0 Å². The van der Waals surface area contributed by atoms with E-state index in [0.717, 1.165) is 48.8 Å². The molecule has 0 aliphatic carbocycles. The Kier molecular flexibility index (Phi) is 5.32. The zero-order chi connectivity index (χ0) is 18.8. The fourth-order valence-electron chi connectivity index (χ4n) is 3.74. The molecule has 1 N–H and O–H groups in total. The largest absolute Gasteiger partial charge is 0.486 e. The molecule has 1 unspecified atom stereocenters. The third-order valence-corrected chi connectivity index (χ3v) is 5.49. The van der Waals surface area contributed by atoms with Crippen LogP contribution in [0.25, 0.3) is 0 Å². The first-order valence-corrected chi connectivity index (χ1v) is 9.93. The van der Waals surface area contributed by atoms with Crippen molar-refractivity contribution in [2.24, 2.45) is 0 Å². The first-order valence-electron chi connectivity index (χ1n) is 9.42. The zero-order valence-corrected chi connectivity index (χ0v) is 16.6. The van der Waals surface area contributed by atoms with Gasteiger partial charge in [0.05, 0.1) is 5.37 Å². The van der Waals surface area contributed by atoms with E-state index >= 15 is 0 Å². The van der Waals surface area contributed by atoms with Gasteiger partial charge in [0.1, 0.15) is 13.2 Å². The molecule has 0 spiro atoms. The summed E-state index contributed by atoms with van der Waals surface area (Å²) >= 11 is 4.59. The molecule has 2 heterocycles. The lowest BCUT2D eigenvalue weighted by Crippen LogP contribution is -2.31. The number of ether oxygens (including phenoxy) is 2. The Hall–Kier alpha value is -2.11. The Morgan fingerprint density at radius 3 is 2.74 bits per heavy atom. The molecule has 0 radical (unpaired) electrons. The van der Waals surface area contributed by atoms with Gasteiger partial charge in [0, 0.05) is 30.9 Å². The standard InChI is InChI=1S/C22H26N2O2S/c1-15(2)23-22(27)17-5-3-16(4-6-17)13-24-10-9-19-18(14-24)7-8-20-21(19)26-12-11-25-20/h3-8,22-23,27H,1,9-14H2,2H3. The molecular formula is C22H26N2O2S. The second-order valence-corrected chi connectivity index (χ2v) is 7.77. The molecule has 0 aromatic heterocycles. The van der Waals surface area contributed by atoms with E-state index in [0.29, 0.717) is 13.2 Å². The molecule has 4 rings (SSSR count). The van der Waals surface area contributed by atoms with Crippen molar-refractivity contribution in [2.45, 2.75) is 31.8 Å². The molecule has 142 valence electrons. The van der Waals surface area contributed by atoms with Crippen LogP contribution in [0.4, 0.5) is 0 Å². The maximum absolute atomic E-state index is 5.88. The van der Waals surface area contributed by atoms with Gasteiger partial charge in [0.2, 0.25) is 0 Å². The van der Waals surface area contributed by atoms with Crippen LogP contribution in [0.15, 0.2) is 48.7 Å². The van der Waals surface area contributed by atoms with Crippen LogP contribution in [-0.4, -0.2) is 24.7 Å². The monoisotopic (exact) mass is 382 g/mol. The minimum atomic E-state index is -0.0215. The smallest absolute Gasteiger partial charge is 0.164 e. The predicted octanol–water partition coefficient (Wildman–Crippen LogP) is 4.07. The Morgan fingerprint density at radius 2 is 1.96 bits per heavy atom. The number of nitrogens with zero attached hydrogens (tertiary/aromatic N) is 1. The van der Waals surface area contributed by atoms with Crippen LogP contribution >= 0.6 is 12.6 Å². The average molecular weight is 383 g/mol. The molecule has 4 nitrogen and oxygen atoms in total. The van der Waals surface area contributed by atoms with Gasteiger partial charge in [-0.3, -0.25) is 4.90 Å². The lowest BCUT2D eigenvalue weighted by Gasteiger charge is -2.31. The summed E-state index contributed by atoms with van der Waals surface area (Å²) in [5.74, 6) is 1.86. The van der Waals surface area contributed by atoms with E-state index < -0.39 is 0 Å². The molecule has 5 heteroatoms. The van der Waals surface area contributed by atoms with Crippen molar-refractivity contribution in [1.82, 2.24) is 10.2 Å². The van der Waals surface area contributed by atoms with Crippen LogP contribution in [0.2, 0.25) is 0 Å². The first kappa shape index (κ1) is 18.3. The second kappa shape index (κ2) is 7.87. The zero-order valence-electron chi connectivity index (χ0n) is 15.7. The molecule has 2 aromatic carbocycles. The minimum Gasteiger partial charge on any atom is -0.486 e. The molecule has 0 saturated heterocycles. The lowest BCUT2D eigenvalue weighted by atomic mass is 9.97. The number of nitrogens with one attached hydrogen (secondary N) is 1. The Labute approximate surface area is 166 Å². The number of fused-ring (bicyclic) bond motifs is 3. The van der Waals surface area contributed by atoms with E-state index in [4.69, 9.17) is 9.47 Å². The van der Waals surface area contributed by atoms with Crippen molar-refractivity contribution in [3.8, 4) is 11.5 Å². The van der Waals surface area contributed by atoms with Gasteiger partial charge in [-0.15, -0.1) is 12.6 Å². The maximum Gasteiger partial charge on any atom is 0.164 e. The van der Waals surface area contributed by atoms with Crippen LogP contribution in [0.1, 0.15) is 34.6 Å². The molecule has 0 saturated carbocycles. The summed E-state index contributed by atoms with van der Waals surface area (Å²) in [6.07, 6.45) is 1.00. The van der Waals surface area contributed by atoms with E-state index in [9.17, 15) is 0 Å². The van der Waals surface area contributed by atoms with Crippen molar-refractivity contribution in [3.05, 3.63) is 70.9 Å². The van der Waals surface area contributed by atoms with Crippen molar-refractivity contribution in [2.75, 3.05) is 19.8 Å². The first-order chi connectivity index (χ1) is 13.1. The van der Waals surface area contributed by atoms with Gasteiger partial charge in [0.15, 0.2) is 11.5 Å². The maximum atomic E-state index is 5.88. The fraction of sp³-hybridized carbons (Fsp3) is 0.364. The van der Waals surface area contributed by atoms with Crippen molar-refractivity contribution >= 4 is 12.6 Å². The highest BCUT2D eigenvalue weighted by atomic mass is 32.1. The van der Waals surface area contributed by atoms with Crippen molar-refractivity contribution < 1.29 is 9.47 Å². The topological polar surface area (TPSA) is 33.7 Å². The van der Waals surface area contributed by atoms with Gasteiger partial charge >= 0.3 is 0 Å². The highest BCUT2D eigenvalue weighted by molar-refractivity contribution is 7.80. The summed E-state index contributed by atoms with van der Waals surface area (Å²) in [7, 11) is 0. The van der Waals surface area contributed by atoms with Gasteiger partial charge in [0.25, 0.3) is 0 Å². The summed E-state index contributed by atoms with van der Waals surface area (Å²) in [5.41, 5.74) is 6.06. The fourth-order valence-corrected chi connectivity index (χ4v) is 4.13. The molecule has 1 atom stereocenters. The SMILES string of the molecule is C=C(C)NC(S)c1ccc(CN2CCc3c(ccc4c3OCCO4)C2)cc1. The van der Waals surface area contributed by atoms with E-state index in [2.05, 4.69) is 59.8 Å². The van der Waals surface area contributed by atoms with E-state index in [1.165, 1.54) is 16.7 Å². The lowest BCUT2D eigenvalue weighted by molar-refractivity contribution is 0.166. The van der Waals surface area contributed by atoms with Gasteiger partial charge in [-0.05, 0) is 36.1 Å². The predicted molar refractivity (Wildman–Crippen MR) is 111 cm³/mol. The van der Waals surface area contributed by atoms with Gasteiger partial charge in [-0.25, -0.2) is 0 Å². The number of rotatable bonds is 5. The average Bonchev–Trinajstić information content (AvgIpc) is 2.67. The normalized spacial score (nSPS) is 17.1. The Bertz CT molecular complexity index is 835. The summed E-state index contributed by atoms with van der Waals surface area (Å²) in [6.45, 7) is 10.0. The van der Waals surface area contributed by atoms with Crippen LogP contribution in [0.3, 0.4) is 0 Å². The highest BCUT2D eigenvalue weighted by Gasteiger charge is 2.24. The van der Waals surface area contributed by atoms with Crippen molar-refractivity contribution in [1.29, 1.82) is 0 Å². The summed E-state index contributed by atoms with van der Waals surface area (Å²) in [5, 5.41) is 3.21. The van der Waals surface area contributed by atoms with Crippen LogP contribution < -0.4 is 14.8 Å². The van der Waals surface area contributed by atoms with Gasteiger partial charge < -0.3 is 14.8 Å².